The van der Waals surface area contributed by atoms with E-state index in [1.807, 2.05) is 58.9 Å². The fourth-order valence-electron chi connectivity index (χ4n) is 4.14. The van der Waals surface area contributed by atoms with Gasteiger partial charge in [-0.3, -0.25) is 4.98 Å². The Morgan fingerprint density at radius 1 is 1.11 bits per heavy atom. The number of hydrogen-bond donors (Lipinski definition) is 2. The third-order valence-corrected chi connectivity index (χ3v) is 5.86. The normalized spacial score (nSPS) is 14.1. The van der Waals surface area contributed by atoms with Gasteiger partial charge in [0.15, 0.2) is 0 Å². The molecule has 2 aromatic rings. The van der Waals surface area contributed by atoms with Crippen molar-refractivity contribution < 1.29 is 19.1 Å². The number of carbonyl (C=O) groups is 2. The van der Waals surface area contributed by atoms with Crippen LogP contribution in [0.5, 0.6) is 0 Å². The summed E-state index contributed by atoms with van der Waals surface area (Å²) in [5, 5.41) is 5.97. The highest BCUT2D eigenvalue weighted by molar-refractivity contribution is 5.96. The minimum absolute atomic E-state index is 0.0425. The lowest BCUT2D eigenvalue weighted by atomic mass is 9.92. The number of carbonyl (C=O) groups excluding carboxylic acids is 2. The first-order chi connectivity index (χ1) is 16.9. The van der Waals surface area contributed by atoms with Crippen LogP contribution in [0.1, 0.15) is 57.1 Å². The second-order valence-corrected chi connectivity index (χ2v) is 10.8. The number of anilines is 1. The number of nitrogens with one attached hydrogen (secondary N) is 2. The molecular weight excluding hydrogens is 456 g/mol. The van der Waals surface area contributed by atoms with E-state index in [1.54, 1.807) is 4.90 Å². The number of aromatic nitrogens is 1. The van der Waals surface area contributed by atoms with Gasteiger partial charge in [-0.1, -0.05) is 43.7 Å². The standard InChI is InChI=1S/C28H40N4O4/c1-18(2)16-23-22(17-36-27(34)31-28(5,6)7)24(21-10-8-19(3)9-11-21)25(20(4)29-23)30-26(33)32-12-14-35-15-13-32/h8-11,18H,12-17H2,1-7H3,(H,30,33)(H,31,34). The number of pyridine rings is 1. The van der Waals surface area contributed by atoms with Crippen LogP contribution in [-0.2, 0) is 22.5 Å². The Labute approximate surface area is 214 Å². The minimum Gasteiger partial charge on any atom is -0.445 e. The molecule has 1 aromatic heterocycles. The molecule has 3 amide bonds. The maximum absolute atomic E-state index is 13.2. The highest BCUT2D eigenvalue weighted by Gasteiger charge is 2.25. The molecule has 0 spiro atoms. The van der Waals surface area contributed by atoms with Gasteiger partial charge in [0.1, 0.15) is 6.61 Å². The van der Waals surface area contributed by atoms with Crippen LogP contribution in [0, 0.1) is 19.8 Å². The average Bonchev–Trinajstić information content (AvgIpc) is 2.79. The molecule has 2 N–H and O–H groups in total. The van der Waals surface area contributed by atoms with Gasteiger partial charge in [-0.2, -0.15) is 0 Å². The number of rotatable bonds is 6. The number of urea groups is 1. The first kappa shape index (κ1) is 27.5. The molecule has 8 heteroatoms. The van der Waals surface area contributed by atoms with Crippen molar-refractivity contribution in [2.75, 3.05) is 31.6 Å². The number of benzene rings is 1. The van der Waals surface area contributed by atoms with Gasteiger partial charge in [0.05, 0.1) is 24.6 Å². The first-order valence-corrected chi connectivity index (χ1v) is 12.6. The predicted octanol–water partition coefficient (Wildman–Crippen LogP) is 5.45. The quantitative estimate of drug-likeness (QED) is 0.555. The van der Waals surface area contributed by atoms with Gasteiger partial charge in [0.25, 0.3) is 0 Å². The smallest absolute Gasteiger partial charge is 0.407 e. The van der Waals surface area contributed by atoms with Crippen LogP contribution in [0.15, 0.2) is 24.3 Å². The Hall–Kier alpha value is -3.13. The molecule has 0 aliphatic carbocycles. The number of amides is 3. The minimum atomic E-state index is -0.493. The van der Waals surface area contributed by atoms with E-state index in [-0.39, 0.29) is 12.6 Å². The first-order valence-electron chi connectivity index (χ1n) is 12.6. The van der Waals surface area contributed by atoms with E-state index in [0.717, 1.165) is 40.1 Å². The molecular formula is C28H40N4O4. The monoisotopic (exact) mass is 496 g/mol. The van der Waals surface area contributed by atoms with E-state index in [0.29, 0.717) is 37.9 Å². The van der Waals surface area contributed by atoms with Crippen molar-refractivity contribution in [2.45, 2.75) is 67.0 Å². The van der Waals surface area contributed by atoms with E-state index < -0.39 is 11.6 Å². The fraction of sp³-hybridized carbons (Fsp3) is 0.536. The summed E-state index contributed by atoms with van der Waals surface area (Å²) in [6.07, 6.45) is 0.226. The number of aryl methyl sites for hydroxylation is 2. The Balaban J connectivity index is 2.10. The number of alkyl carbamates (subject to hydrolysis) is 1. The number of hydrogen-bond acceptors (Lipinski definition) is 5. The molecule has 36 heavy (non-hydrogen) atoms. The van der Waals surface area contributed by atoms with Crippen molar-refractivity contribution in [3.05, 3.63) is 46.8 Å². The Morgan fingerprint density at radius 2 is 1.75 bits per heavy atom. The van der Waals surface area contributed by atoms with Gasteiger partial charge in [-0.05, 0) is 52.5 Å². The largest absolute Gasteiger partial charge is 0.445 e. The lowest BCUT2D eigenvalue weighted by Gasteiger charge is -2.28. The van der Waals surface area contributed by atoms with Crippen LogP contribution in [0.3, 0.4) is 0 Å². The molecule has 0 unspecified atom stereocenters. The summed E-state index contributed by atoms with van der Waals surface area (Å²) >= 11 is 0. The number of morpholine rings is 1. The molecule has 0 bridgehead atoms. The van der Waals surface area contributed by atoms with E-state index in [4.69, 9.17) is 14.5 Å². The summed E-state index contributed by atoms with van der Waals surface area (Å²) in [6, 6.07) is 7.96. The molecule has 3 rings (SSSR count). The highest BCUT2D eigenvalue weighted by atomic mass is 16.5. The van der Waals surface area contributed by atoms with Gasteiger partial charge in [-0.15, -0.1) is 0 Å². The molecule has 0 atom stereocenters. The lowest BCUT2D eigenvalue weighted by Crippen LogP contribution is -2.43. The molecule has 0 saturated carbocycles. The average molecular weight is 497 g/mol. The third kappa shape index (κ3) is 7.43. The summed E-state index contributed by atoms with van der Waals surface area (Å²) in [4.78, 5) is 32.4. The van der Waals surface area contributed by atoms with E-state index in [9.17, 15) is 9.59 Å². The van der Waals surface area contributed by atoms with Gasteiger partial charge >= 0.3 is 12.1 Å². The predicted molar refractivity (Wildman–Crippen MR) is 142 cm³/mol. The van der Waals surface area contributed by atoms with E-state index in [1.165, 1.54) is 0 Å². The van der Waals surface area contributed by atoms with Crippen molar-refractivity contribution in [2.24, 2.45) is 5.92 Å². The van der Waals surface area contributed by atoms with Crippen LogP contribution in [0.25, 0.3) is 11.1 Å². The van der Waals surface area contributed by atoms with Crippen molar-refractivity contribution in [1.82, 2.24) is 15.2 Å². The van der Waals surface area contributed by atoms with Gasteiger partial charge in [0.2, 0.25) is 0 Å². The van der Waals surface area contributed by atoms with Crippen LogP contribution in [0.4, 0.5) is 15.3 Å². The second kappa shape index (κ2) is 11.7. The lowest BCUT2D eigenvalue weighted by molar-refractivity contribution is 0.0564. The van der Waals surface area contributed by atoms with Crippen molar-refractivity contribution in [1.29, 1.82) is 0 Å². The summed E-state index contributed by atoms with van der Waals surface area (Å²) < 4.78 is 11.1. The molecule has 1 aliphatic heterocycles. The van der Waals surface area contributed by atoms with Crippen molar-refractivity contribution >= 4 is 17.8 Å². The Kier molecular flexibility index (Phi) is 8.95. The summed E-state index contributed by atoms with van der Waals surface area (Å²) in [5.41, 5.74) is 5.52. The maximum Gasteiger partial charge on any atom is 0.407 e. The maximum atomic E-state index is 13.2. The summed E-state index contributed by atoms with van der Waals surface area (Å²) in [7, 11) is 0. The number of nitrogens with zero attached hydrogens (tertiary/aromatic N) is 2. The SMILES string of the molecule is Cc1ccc(-c2c(COC(=O)NC(C)(C)C)c(CC(C)C)nc(C)c2NC(=O)N2CCOCC2)cc1. The zero-order valence-corrected chi connectivity index (χ0v) is 22.7. The molecule has 1 aliphatic rings. The molecule has 1 saturated heterocycles. The van der Waals surface area contributed by atoms with Gasteiger partial charge < -0.3 is 25.0 Å². The van der Waals surface area contributed by atoms with E-state index in [2.05, 4.69) is 24.5 Å². The fourth-order valence-corrected chi connectivity index (χ4v) is 4.14. The molecule has 0 radical (unpaired) electrons. The zero-order valence-electron chi connectivity index (χ0n) is 22.7. The number of ether oxygens (including phenoxy) is 2. The molecule has 8 nitrogen and oxygen atoms in total. The summed E-state index contributed by atoms with van der Waals surface area (Å²) in [5.74, 6) is 0.346. The van der Waals surface area contributed by atoms with Crippen LogP contribution < -0.4 is 10.6 Å². The second-order valence-electron chi connectivity index (χ2n) is 10.8. The van der Waals surface area contributed by atoms with Crippen molar-refractivity contribution in [3.8, 4) is 11.1 Å². The van der Waals surface area contributed by atoms with Crippen molar-refractivity contribution in [3.63, 3.8) is 0 Å². The van der Waals surface area contributed by atoms with Crippen LogP contribution >= 0.6 is 0 Å². The van der Waals surface area contributed by atoms with Crippen LogP contribution in [0.2, 0.25) is 0 Å². The van der Waals surface area contributed by atoms with Crippen LogP contribution in [-0.4, -0.2) is 53.9 Å². The van der Waals surface area contributed by atoms with E-state index >= 15 is 0 Å². The molecule has 1 fully saturated rings. The van der Waals surface area contributed by atoms with Gasteiger partial charge in [-0.25, -0.2) is 9.59 Å². The zero-order chi connectivity index (χ0) is 26.5. The molecule has 196 valence electrons. The van der Waals surface area contributed by atoms with Gasteiger partial charge in [0, 0.05) is 35.4 Å². The highest BCUT2D eigenvalue weighted by Crippen LogP contribution is 2.37. The Bertz CT molecular complexity index is 1070. The molecule has 1 aromatic carbocycles. The third-order valence-electron chi connectivity index (χ3n) is 5.86. The summed E-state index contributed by atoms with van der Waals surface area (Å²) in [6.45, 7) is 16.1. The topological polar surface area (TPSA) is 92.8 Å². The Morgan fingerprint density at radius 3 is 2.33 bits per heavy atom. The molecule has 2 heterocycles.